The quantitative estimate of drug-likeness (QED) is 0.357. The third-order valence-corrected chi connectivity index (χ3v) is 5.57. The molecule has 9 nitrogen and oxygen atoms in total. The van der Waals surface area contributed by atoms with E-state index in [1.165, 1.54) is 18.7 Å². The third kappa shape index (κ3) is 7.26. The van der Waals surface area contributed by atoms with Crippen LogP contribution in [0.15, 0.2) is 54.6 Å². The smallest absolute Gasteiger partial charge is 0.260 e. The van der Waals surface area contributed by atoms with Gasteiger partial charge in [0.05, 0.1) is 0 Å². The highest BCUT2D eigenvalue weighted by atomic mass is 35.5. The van der Waals surface area contributed by atoms with E-state index in [0.29, 0.717) is 47.7 Å². The normalized spacial score (nSPS) is 10.4. The molecule has 0 saturated carbocycles. The van der Waals surface area contributed by atoms with Crippen LogP contribution in [0.2, 0.25) is 5.02 Å². The van der Waals surface area contributed by atoms with Gasteiger partial charge in [0.1, 0.15) is 11.6 Å². The first-order valence-corrected chi connectivity index (χ1v) is 11.9. The average Bonchev–Trinajstić information content (AvgIpc) is 2.86. The van der Waals surface area contributed by atoms with E-state index in [0.717, 1.165) is 11.1 Å². The Morgan fingerprint density at radius 1 is 0.861 bits per heavy atom. The van der Waals surface area contributed by atoms with Crippen molar-refractivity contribution in [2.45, 2.75) is 20.8 Å². The molecule has 2 aromatic carbocycles. The summed E-state index contributed by atoms with van der Waals surface area (Å²) in [6.45, 7) is 6.06. The summed E-state index contributed by atoms with van der Waals surface area (Å²) in [6.07, 6.45) is 0. The third-order valence-electron chi connectivity index (χ3n) is 5.31. The molecule has 0 saturated heterocycles. The van der Waals surface area contributed by atoms with Crippen LogP contribution < -0.4 is 16.0 Å². The standard InChI is InChI=1S/C26H29ClN6O3/c1-17-23(29-14-13-28-18(2)34)31-25(20-9-11-22(27)12-10-20)32-24(17)30-15-16-33(19(3)35)26(36)21-7-5-4-6-8-21/h4-12H,13-16H2,1-3H3,(H,28,34)(H2,29,30,31,32). The van der Waals surface area contributed by atoms with E-state index in [4.69, 9.17) is 11.6 Å². The summed E-state index contributed by atoms with van der Waals surface area (Å²) in [6, 6.07) is 15.9. The predicted octanol–water partition coefficient (Wildman–Crippen LogP) is 3.75. The van der Waals surface area contributed by atoms with Gasteiger partial charge in [-0.1, -0.05) is 29.8 Å². The molecule has 3 rings (SSSR count). The summed E-state index contributed by atoms with van der Waals surface area (Å²) in [5.74, 6) is 0.837. The highest BCUT2D eigenvalue weighted by molar-refractivity contribution is 6.30. The van der Waals surface area contributed by atoms with E-state index in [9.17, 15) is 14.4 Å². The van der Waals surface area contributed by atoms with Crippen molar-refractivity contribution in [1.82, 2.24) is 20.2 Å². The maximum atomic E-state index is 12.8. The largest absolute Gasteiger partial charge is 0.368 e. The van der Waals surface area contributed by atoms with E-state index >= 15 is 0 Å². The number of benzene rings is 2. The van der Waals surface area contributed by atoms with E-state index in [1.54, 1.807) is 36.4 Å². The van der Waals surface area contributed by atoms with Gasteiger partial charge in [-0.05, 0) is 43.3 Å². The number of hydrogen-bond donors (Lipinski definition) is 3. The van der Waals surface area contributed by atoms with Crippen LogP contribution in [0.25, 0.3) is 11.4 Å². The Labute approximate surface area is 215 Å². The molecule has 3 amide bonds. The summed E-state index contributed by atoms with van der Waals surface area (Å²) in [4.78, 5) is 46.7. The maximum absolute atomic E-state index is 12.8. The molecular weight excluding hydrogens is 480 g/mol. The molecule has 0 fully saturated rings. The van der Waals surface area contributed by atoms with Gasteiger partial charge in [0.25, 0.3) is 5.91 Å². The van der Waals surface area contributed by atoms with Gasteiger partial charge in [-0.2, -0.15) is 0 Å². The van der Waals surface area contributed by atoms with Gasteiger partial charge < -0.3 is 16.0 Å². The molecule has 0 atom stereocenters. The maximum Gasteiger partial charge on any atom is 0.260 e. The first-order chi connectivity index (χ1) is 17.3. The fourth-order valence-corrected chi connectivity index (χ4v) is 3.56. The predicted molar refractivity (Wildman–Crippen MR) is 141 cm³/mol. The van der Waals surface area contributed by atoms with Crippen LogP contribution in [0.4, 0.5) is 11.6 Å². The topological polar surface area (TPSA) is 116 Å². The first-order valence-electron chi connectivity index (χ1n) is 11.5. The van der Waals surface area contributed by atoms with Gasteiger partial charge in [0, 0.05) is 61.7 Å². The van der Waals surface area contributed by atoms with Crippen molar-refractivity contribution in [1.29, 1.82) is 0 Å². The molecule has 0 bridgehead atoms. The molecule has 0 aliphatic heterocycles. The molecule has 188 valence electrons. The Balaban J connectivity index is 1.79. The van der Waals surface area contributed by atoms with Crippen LogP contribution in [0, 0.1) is 6.92 Å². The summed E-state index contributed by atoms with van der Waals surface area (Å²) < 4.78 is 0. The van der Waals surface area contributed by atoms with Crippen LogP contribution in [-0.4, -0.2) is 58.8 Å². The first kappa shape index (κ1) is 26.6. The van der Waals surface area contributed by atoms with Gasteiger partial charge in [0.15, 0.2) is 5.82 Å². The molecule has 0 radical (unpaired) electrons. The summed E-state index contributed by atoms with van der Waals surface area (Å²) >= 11 is 6.03. The number of amides is 3. The molecule has 1 heterocycles. The monoisotopic (exact) mass is 508 g/mol. The molecule has 0 unspecified atom stereocenters. The van der Waals surface area contributed by atoms with E-state index in [-0.39, 0.29) is 24.3 Å². The Morgan fingerprint density at radius 3 is 2.06 bits per heavy atom. The number of nitrogens with zero attached hydrogens (tertiary/aromatic N) is 3. The molecule has 10 heteroatoms. The molecule has 3 aromatic rings. The van der Waals surface area contributed by atoms with Crippen LogP contribution in [0.5, 0.6) is 0 Å². The van der Waals surface area contributed by atoms with Gasteiger partial charge in [-0.3, -0.25) is 19.3 Å². The molecule has 0 spiro atoms. The van der Waals surface area contributed by atoms with Crippen LogP contribution in [0.1, 0.15) is 29.8 Å². The zero-order chi connectivity index (χ0) is 26.1. The Hall–Kier alpha value is -3.98. The van der Waals surface area contributed by atoms with Crippen molar-refractivity contribution in [2.75, 3.05) is 36.8 Å². The minimum absolute atomic E-state index is 0.111. The second kappa shape index (κ2) is 12.6. The zero-order valence-corrected chi connectivity index (χ0v) is 21.2. The van der Waals surface area contributed by atoms with E-state index in [1.807, 2.05) is 25.1 Å². The number of hydrogen-bond acceptors (Lipinski definition) is 7. The van der Waals surface area contributed by atoms with Crippen molar-refractivity contribution in [3.8, 4) is 11.4 Å². The van der Waals surface area contributed by atoms with Gasteiger partial charge >= 0.3 is 0 Å². The molecular formula is C26H29ClN6O3. The Kier molecular flexibility index (Phi) is 9.35. The molecule has 36 heavy (non-hydrogen) atoms. The van der Waals surface area contributed by atoms with Crippen LogP contribution >= 0.6 is 11.6 Å². The van der Waals surface area contributed by atoms with Gasteiger partial charge in [-0.15, -0.1) is 0 Å². The van der Waals surface area contributed by atoms with Crippen molar-refractivity contribution in [3.63, 3.8) is 0 Å². The number of nitrogens with one attached hydrogen (secondary N) is 3. The lowest BCUT2D eigenvalue weighted by Crippen LogP contribution is -2.38. The zero-order valence-electron chi connectivity index (χ0n) is 20.5. The number of anilines is 2. The number of carbonyl (C=O) groups is 3. The summed E-state index contributed by atoms with van der Waals surface area (Å²) in [7, 11) is 0. The Bertz CT molecular complexity index is 1220. The SMILES string of the molecule is CC(=O)NCCNc1nc(-c2ccc(Cl)cc2)nc(NCCN(C(C)=O)C(=O)c2ccccc2)c1C. The highest BCUT2D eigenvalue weighted by Crippen LogP contribution is 2.26. The second-order valence-corrected chi connectivity index (χ2v) is 8.49. The molecule has 0 aliphatic carbocycles. The molecule has 0 aliphatic rings. The number of imide groups is 1. The Morgan fingerprint density at radius 2 is 1.47 bits per heavy atom. The summed E-state index contributed by atoms with van der Waals surface area (Å²) in [5.41, 5.74) is 1.98. The van der Waals surface area contributed by atoms with Gasteiger partial charge in [0.2, 0.25) is 11.8 Å². The fraction of sp³-hybridized carbons (Fsp3) is 0.269. The van der Waals surface area contributed by atoms with Gasteiger partial charge in [-0.25, -0.2) is 9.97 Å². The highest BCUT2D eigenvalue weighted by Gasteiger charge is 2.20. The van der Waals surface area contributed by atoms with Crippen molar-refractivity contribution in [3.05, 3.63) is 70.7 Å². The van der Waals surface area contributed by atoms with Crippen LogP contribution in [0.3, 0.4) is 0 Å². The van der Waals surface area contributed by atoms with E-state index in [2.05, 4.69) is 25.9 Å². The number of aromatic nitrogens is 2. The van der Waals surface area contributed by atoms with Crippen molar-refractivity contribution >= 4 is 41.0 Å². The fourth-order valence-electron chi connectivity index (χ4n) is 3.43. The lowest BCUT2D eigenvalue weighted by molar-refractivity contribution is -0.126. The second-order valence-electron chi connectivity index (χ2n) is 8.05. The number of rotatable bonds is 10. The van der Waals surface area contributed by atoms with Crippen molar-refractivity contribution in [2.24, 2.45) is 0 Å². The lowest BCUT2D eigenvalue weighted by atomic mass is 10.2. The van der Waals surface area contributed by atoms with Crippen LogP contribution in [-0.2, 0) is 9.59 Å². The molecule has 3 N–H and O–H groups in total. The van der Waals surface area contributed by atoms with Crippen molar-refractivity contribution < 1.29 is 14.4 Å². The lowest BCUT2D eigenvalue weighted by Gasteiger charge is -2.21. The van der Waals surface area contributed by atoms with E-state index < -0.39 is 0 Å². The number of carbonyl (C=O) groups excluding carboxylic acids is 3. The minimum Gasteiger partial charge on any atom is -0.368 e. The number of halogens is 1. The molecule has 1 aromatic heterocycles. The minimum atomic E-state index is -0.355. The summed E-state index contributed by atoms with van der Waals surface area (Å²) in [5, 5.41) is 9.82. The average molecular weight is 509 g/mol.